The first-order valence-corrected chi connectivity index (χ1v) is 24.1. The minimum Gasteiger partial charge on any atom is -0.423 e. The Morgan fingerprint density at radius 3 is 1.07 bits per heavy atom. The Morgan fingerprint density at radius 2 is 0.743 bits per heavy atom. The van der Waals surface area contributed by atoms with Crippen LogP contribution in [0.15, 0.2) is 207 Å². The number of rotatable bonds is 14. The van der Waals surface area contributed by atoms with Gasteiger partial charge in [0.1, 0.15) is 11.5 Å². The predicted molar refractivity (Wildman–Crippen MR) is 288 cm³/mol. The highest BCUT2D eigenvalue weighted by molar-refractivity contribution is 5.85. The summed E-state index contributed by atoms with van der Waals surface area (Å²) in [6.45, 7) is 15.7. The van der Waals surface area contributed by atoms with Gasteiger partial charge >= 0.3 is 11.9 Å². The third-order valence-electron chi connectivity index (χ3n) is 14.1. The van der Waals surface area contributed by atoms with Gasteiger partial charge in [-0.25, -0.2) is 9.59 Å². The van der Waals surface area contributed by atoms with Crippen molar-refractivity contribution in [2.24, 2.45) is 0 Å². The first-order chi connectivity index (χ1) is 34.0. The second-order valence-corrected chi connectivity index (χ2v) is 18.2. The third kappa shape index (κ3) is 9.72. The van der Waals surface area contributed by atoms with Crippen LogP contribution in [0.4, 0.5) is 34.1 Å². The number of esters is 2. The maximum absolute atomic E-state index is 12.0. The topological polar surface area (TPSA) is 59.1 Å². The zero-order valence-corrected chi connectivity index (χ0v) is 40.5. The summed E-state index contributed by atoms with van der Waals surface area (Å²) in [5, 5.41) is 0. The maximum Gasteiger partial charge on any atom is 0.335 e. The molecule has 1 aliphatic rings. The van der Waals surface area contributed by atoms with E-state index in [2.05, 4.69) is 184 Å². The highest BCUT2D eigenvalue weighted by Gasteiger charge is 2.36. The molecule has 6 heteroatoms. The molecule has 70 heavy (non-hydrogen) atoms. The minimum absolute atomic E-state index is 0.168. The van der Waals surface area contributed by atoms with Crippen LogP contribution in [-0.2, 0) is 15.0 Å². The molecular weight excluding hydrogens is 861 g/mol. The number of carbonyl (C=O) groups is 2. The lowest BCUT2D eigenvalue weighted by atomic mass is 9.65. The molecule has 0 amide bonds. The lowest BCUT2D eigenvalue weighted by Gasteiger charge is -2.39. The zero-order chi connectivity index (χ0) is 48.8. The van der Waals surface area contributed by atoms with Crippen molar-refractivity contribution < 1.29 is 19.1 Å². The van der Waals surface area contributed by atoms with Crippen molar-refractivity contribution in [3.63, 3.8) is 0 Å². The van der Waals surface area contributed by atoms with Gasteiger partial charge < -0.3 is 19.3 Å². The fourth-order valence-electron chi connectivity index (χ4n) is 10.0. The Labute approximate surface area is 412 Å². The first kappa shape index (κ1) is 46.9. The van der Waals surface area contributed by atoms with Gasteiger partial charge in [0, 0.05) is 51.7 Å². The molecule has 8 aromatic carbocycles. The van der Waals surface area contributed by atoms with Crippen molar-refractivity contribution in [1.82, 2.24) is 0 Å². The SMILES string of the molecule is C=CC(=O)Oc1ccc(N(c2ccc(-c3cccc(C)c3C)cc2)c2ccc(C3(c4ccc(N(c5ccc(OC(=O)C=C)cc5)c5ccc(-c6cccc(C)c6C)cc5)cc4)CCCCC3)cc2)cc1. The molecule has 1 saturated carbocycles. The number of hydrogen-bond donors (Lipinski definition) is 0. The van der Waals surface area contributed by atoms with Gasteiger partial charge in [0.25, 0.3) is 0 Å². The monoisotopic (exact) mass is 918 g/mol. The fourth-order valence-corrected chi connectivity index (χ4v) is 10.0. The summed E-state index contributed by atoms with van der Waals surface area (Å²) in [7, 11) is 0. The number of nitrogens with zero attached hydrogens (tertiary/aromatic N) is 2. The van der Waals surface area contributed by atoms with Gasteiger partial charge in [0.2, 0.25) is 0 Å². The molecule has 348 valence electrons. The Bertz CT molecular complexity index is 2940. The van der Waals surface area contributed by atoms with Gasteiger partial charge in [-0.3, -0.25) is 0 Å². The number of carbonyl (C=O) groups excluding carboxylic acids is 2. The quantitative estimate of drug-likeness (QED) is 0.0615. The van der Waals surface area contributed by atoms with E-state index in [-0.39, 0.29) is 5.41 Å². The Hall–Kier alpha value is -8.22. The zero-order valence-electron chi connectivity index (χ0n) is 40.5. The average Bonchev–Trinajstić information content (AvgIpc) is 3.40. The third-order valence-corrected chi connectivity index (χ3v) is 14.1. The van der Waals surface area contributed by atoms with Crippen LogP contribution in [0.3, 0.4) is 0 Å². The molecule has 0 bridgehead atoms. The summed E-state index contributed by atoms with van der Waals surface area (Å²) in [6, 6.07) is 63.8. The summed E-state index contributed by atoms with van der Waals surface area (Å²) in [5.41, 5.74) is 18.2. The Balaban J connectivity index is 1.06. The smallest absolute Gasteiger partial charge is 0.335 e. The number of hydrogen-bond acceptors (Lipinski definition) is 6. The Kier molecular flexibility index (Phi) is 13.8. The van der Waals surface area contributed by atoms with E-state index in [9.17, 15) is 9.59 Å². The van der Waals surface area contributed by atoms with E-state index in [1.807, 2.05) is 48.5 Å². The standard InChI is InChI=1S/C64H58N2O4/c1-7-62(67)69-58-38-34-56(35-39-58)65(52-26-18-48(19-27-52)60-16-12-14-44(3)46(60)5)54-30-22-50(23-31-54)64(42-10-9-11-43-64)51-24-32-55(33-25-51)66(57-36-40-59(41-37-57)70-63(68)8-2)53-28-20-49(21-29-53)61-17-13-15-45(4)47(61)6/h7-8,12-41H,1-2,9-11,42-43H2,3-6H3. The van der Waals surface area contributed by atoms with Gasteiger partial charge in [0.15, 0.2) is 0 Å². The first-order valence-electron chi connectivity index (χ1n) is 24.1. The van der Waals surface area contributed by atoms with Gasteiger partial charge in [-0.1, -0.05) is 117 Å². The number of aryl methyl sites for hydroxylation is 2. The second kappa shape index (κ2) is 20.6. The van der Waals surface area contributed by atoms with E-state index in [0.29, 0.717) is 11.5 Å². The molecule has 0 N–H and O–H groups in total. The molecule has 9 rings (SSSR count). The molecule has 0 aromatic heterocycles. The summed E-state index contributed by atoms with van der Waals surface area (Å²) in [5.74, 6) is -0.0780. The summed E-state index contributed by atoms with van der Waals surface area (Å²) in [4.78, 5) is 28.6. The number of benzene rings is 8. The molecule has 0 unspecified atom stereocenters. The van der Waals surface area contributed by atoms with Crippen LogP contribution in [0.5, 0.6) is 11.5 Å². The van der Waals surface area contributed by atoms with E-state index >= 15 is 0 Å². The minimum atomic E-state index is -0.496. The van der Waals surface area contributed by atoms with Crippen LogP contribution in [0, 0.1) is 27.7 Å². The predicted octanol–water partition coefficient (Wildman–Crippen LogP) is 16.6. The van der Waals surface area contributed by atoms with Crippen molar-refractivity contribution in [3.8, 4) is 33.8 Å². The van der Waals surface area contributed by atoms with Crippen molar-refractivity contribution >= 4 is 46.1 Å². The fraction of sp³-hybridized carbons (Fsp3) is 0.156. The maximum atomic E-state index is 12.0. The number of anilines is 6. The average molecular weight is 919 g/mol. The molecule has 6 nitrogen and oxygen atoms in total. The van der Waals surface area contributed by atoms with E-state index in [0.717, 1.165) is 70.9 Å². The van der Waals surface area contributed by atoms with Crippen LogP contribution >= 0.6 is 0 Å². The normalized spacial score (nSPS) is 12.9. The van der Waals surface area contributed by atoms with Gasteiger partial charge in [-0.2, -0.15) is 0 Å². The van der Waals surface area contributed by atoms with Gasteiger partial charge in [0.05, 0.1) is 0 Å². The van der Waals surface area contributed by atoms with Crippen LogP contribution in [-0.4, -0.2) is 11.9 Å². The van der Waals surface area contributed by atoms with Crippen molar-refractivity contribution in [3.05, 3.63) is 241 Å². The largest absolute Gasteiger partial charge is 0.423 e. The van der Waals surface area contributed by atoms with E-state index in [4.69, 9.17) is 9.47 Å². The van der Waals surface area contributed by atoms with Crippen molar-refractivity contribution in [1.29, 1.82) is 0 Å². The van der Waals surface area contributed by atoms with Gasteiger partial charge in [-0.15, -0.1) is 0 Å². The lowest BCUT2D eigenvalue weighted by molar-refractivity contribution is -0.129. The van der Waals surface area contributed by atoms with Crippen LogP contribution in [0.25, 0.3) is 22.3 Å². The van der Waals surface area contributed by atoms with Crippen LogP contribution in [0.2, 0.25) is 0 Å². The molecule has 8 aromatic rings. The van der Waals surface area contributed by atoms with Crippen molar-refractivity contribution in [2.45, 2.75) is 65.2 Å². The molecular formula is C64H58N2O4. The highest BCUT2D eigenvalue weighted by Crippen LogP contribution is 2.47. The molecule has 1 aliphatic carbocycles. The molecule has 0 heterocycles. The summed E-state index contributed by atoms with van der Waals surface area (Å²) >= 11 is 0. The van der Waals surface area contributed by atoms with Gasteiger partial charge in [-0.05, 0) is 193 Å². The highest BCUT2D eigenvalue weighted by atomic mass is 16.5. The van der Waals surface area contributed by atoms with E-state index < -0.39 is 11.9 Å². The molecule has 1 fully saturated rings. The second-order valence-electron chi connectivity index (χ2n) is 18.2. The molecule has 0 saturated heterocycles. The Morgan fingerprint density at radius 1 is 0.429 bits per heavy atom. The molecule has 0 aliphatic heterocycles. The molecule has 0 radical (unpaired) electrons. The summed E-state index contributed by atoms with van der Waals surface area (Å²) < 4.78 is 10.9. The van der Waals surface area contributed by atoms with Crippen LogP contribution < -0.4 is 19.3 Å². The number of ether oxygens (including phenoxy) is 2. The van der Waals surface area contributed by atoms with Crippen molar-refractivity contribution in [2.75, 3.05) is 9.80 Å². The van der Waals surface area contributed by atoms with E-state index in [1.54, 1.807) is 0 Å². The molecule has 0 atom stereocenters. The van der Waals surface area contributed by atoms with E-state index in [1.165, 1.54) is 63.1 Å². The molecule has 0 spiro atoms. The van der Waals surface area contributed by atoms with Crippen LogP contribution in [0.1, 0.15) is 65.5 Å². The lowest BCUT2D eigenvalue weighted by Crippen LogP contribution is -2.30. The summed E-state index contributed by atoms with van der Waals surface area (Å²) in [6.07, 6.45) is 7.94.